The van der Waals surface area contributed by atoms with Gasteiger partial charge in [-0.05, 0) is 18.7 Å². The van der Waals surface area contributed by atoms with Crippen LogP contribution in [0.25, 0.3) is 22.2 Å². The second kappa shape index (κ2) is 7.81. The van der Waals surface area contributed by atoms with E-state index in [4.69, 9.17) is 37.7 Å². The zero-order valence-corrected chi connectivity index (χ0v) is 18.0. The van der Waals surface area contributed by atoms with Gasteiger partial charge in [-0.1, -0.05) is 35.0 Å². The molecule has 9 heteroatoms. The van der Waals surface area contributed by atoms with Crippen molar-refractivity contribution >= 4 is 51.7 Å². The summed E-state index contributed by atoms with van der Waals surface area (Å²) in [6.45, 7) is 1.88. The number of rotatable bonds is 5. The van der Waals surface area contributed by atoms with Crippen molar-refractivity contribution < 1.29 is 9.47 Å². The van der Waals surface area contributed by atoms with Crippen molar-refractivity contribution in [1.29, 1.82) is 0 Å². The Bertz CT molecular complexity index is 1030. The van der Waals surface area contributed by atoms with Crippen LogP contribution in [-0.4, -0.2) is 48.5 Å². The molecule has 1 aliphatic heterocycles. The van der Waals surface area contributed by atoms with Crippen molar-refractivity contribution in [3.05, 3.63) is 28.4 Å². The third-order valence-corrected chi connectivity index (χ3v) is 6.01. The Kier molecular flexibility index (Phi) is 5.40. The first kappa shape index (κ1) is 19.4. The number of benzene rings is 1. The summed E-state index contributed by atoms with van der Waals surface area (Å²) >= 11 is 14.7. The zero-order chi connectivity index (χ0) is 19.8. The van der Waals surface area contributed by atoms with Crippen molar-refractivity contribution in [3.63, 3.8) is 0 Å². The maximum Gasteiger partial charge on any atom is 0.187 e. The molecule has 0 saturated carbocycles. The normalized spacial score (nSPS) is 13.5. The fourth-order valence-corrected chi connectivity index (χ4v) is 4.13. The number of aromatic nitrogens is 3. The Labute approximate surface area is 177 Å². The van der Waals surface area contributed by atoms with Crippen molar-refractivity contribution in [2.24, 2.45) is 0 Å². The van der Waals surface area contributed by atoms with E-state index in [9.17, 15) is 0 Å². The topological polar surface area (TPSA) is 60.4 Å². The molecule has 1 fully saturated rings. The molecule has 3 heterocycles. The van der Waals surface area contributed by atoms with Crippen LogP contribution in [0.2, 0.25) is 10.0 Å². The predicted molar refractivity (Wildman–Crippen MR) is 115 cm³/mol. The Morgan fingerprint density at radius 1 is 1.04 bits per heavy atom. The number of methoxy groups -OCH3 is 2. The summed E-state index contributed by atoms with van der Waals surface area (Å²) in [6.07, 6.45) is 4.89. The van der Waals surface area contributed by atoms with Crippen molar-refractivity contribution in [2.45, 2.75) is 11.6 Å². The lowest BCUT2D eigenvalue weighted by atomic mass is 10.1. The highest BCUT2D eigenvalue weighted by Crippen LogP contribution is 2.46. The fourth-order valence-electron chi connectivity index (χ4n) is 3.09. The molecule has 0 N–H and O–H groups in total. The Balaban J connectivity index is 2.00. The second-order valence-corrected chi connectivity index (χ2v) is 7.78. The van der Waals surface area contributed by atoms with Crippen LogP contribution in [0.1, 0.15) is 6.42 Å². The maximum absolute atomic E-state index is 6.60. The number of hydrogen-bond acceptors (Lipinski definition) is 7. The van der Waals surface area contributed by atoms with Crippen LogP contribution in [0.4, 0.5) is 5.82 Å². The van der Waals surface area contributed by atoms with Gasteiger partial charge in [0.2, 0.25) is 0 Å². The first-order valence-corrected chi connectivity index (χ1v) is 10.6. The van der Waals surface area contributed by atoms with Gasteiger partial charge in [0.05, 0.1) is 30.0 Å². The van der Waals surface area contributed by atoms with Gasteiger partial charge in [-0.25, -0.2) is 15.0 Å². The lowest BCUT2D eigenvalue weighted by molar-refractivity contribution is 0.395. The average Bonchev–Trinajstić information content (AvgIpc) is 2.67. The molecule has 2 aromatic heterocycles. The number of halogens is 2. The number of nitrogens with zero attached hydrogens (tertiary/aromatic N) is 4. The maximum atomic E-state index is 6.60. The number of hydrogen-bond donors (Lipinski definition) is 0. The van der Waals surface area contributed by atoms with Crippen LogP contribution >= 0.6 is 35.0 Å². The highest BCUT2D eigenvalue weighted by molar-refractivity contribution is 7.98. The van der Waals surface area contributed by atoms with E-state index < -0.39 is 0 Å². The minimum atomic E-state index is 0.386. The van der Waals surface area contributed by atoms with Gasteiger partial charge in [-0.2, -0.15) is 0 Å². The molecule has 1 saturated heterocycles. The molecule has 0 bridgehead atoms. The Hall–Kier alpha value is -1.96. The third-order valence-electron chi connectivity index (χ3n) is 4.69. The summed E-state index contributed by atoms with van der Waals surface area (Å²) in [5.74, 6) is 1.75. The molecular formula is C19H18Cl2N4O2S. The number of ether oxygens (including phenoxy) is 2. The van der Waals surface area contributed by atoms with Crippen molar-refractivity contribution in [1.82, 2.24) is 15.0 Å². The van der Waals surface area contributed by atoms with Crippen molar-refractivity contribution in [3.8, 4) is 22.8 Å². The summed E-state index contributed by atoms with van der Waals surface area (Å²) < 4.78 is 10.8. The summed E-state index contributed by atoms with van der Waals surface area (Å²) in [5, 5.41) is 2.36. The molecular weight excluding hydrogens is 419 g/mol. The average molecular weight is 437 g/mol. The molecule has 0 amide bonds. The lowest BCUT2D eigenvalue weighted by Gasteiger charge is -2.33. The van der Waals surface area contributed by atoms with Crippen LogP contribution in [-0.2, 0) is 0 Å². The highest BCUT2D eigenvalue weighted by Gasteiger charge is 2.25. The van der Waals surface area contributed by atoms with Crippen LogP contribution in [0.5, 0.6) is 11.5 Å². The number of anilines is 1. The first-order chi connectivity index (χ1) is 13.6. The van der Waals surface area contributed by atoms with Gasteiger partial charge < -0.3 is 14.4 Å². The number of thioether (sulfide) groups is 1. The van der Waals surface area contributed by atoms with Crippen LogP contribution in [0, 0.1) is 0 Å². The van der Waals surface area contributed by atoms with Crippen molar-refractivity contribution in [2.75, 3.05) is 38.5 Å². The minimum absolute atomic E-state index is 0.386. The van der Waals surface area contributed by atoms with E-state index in [1.165, 1.54) is 11.8 Å². The molecule has 0 unspecified atom stereocenters. The van der Waals surface area contributed by atoms with Gasteiger partial charge in [0.15, 0.2) is 11.0 Å². The van der Waals surface area contributed by atoms with Gasteiger partial charge in [0.1, 0.15) is 17.0 Å². The van der Waals surface area contributed by atoms with E-state index >= 15 is 0 Å². The lowest BCUT2D eigenvalue weighted by Crippen LogP contribution is -2.38. The van der Waals surface area contributed by atoms with Gasteiger partial charge in [0, 0.05) is 36.3 Å². The molecule has 4 rings (SSSR count). The number of pyridine rings is 1. The van der Waals surface area contributed by atoms with E-state index in [-0.39, 0.29) is 0 Å². The third kappa shape index (κ3) is 3.21. The molecule has 0 spiro atoms. The van der Waals surface area contributed by atoms with Gasteiger partial charge in [0.25, 0.3) is 0 Å². The molecule has 1 aromatic carbocycles. The first-order valence-electron chi connectivity index (χ1n) is 8.64. The minimum Gasteiger partial charge on any atom is -0.495 e. The summed E-state index contributed by atoms with van der Waals surface area (Å²) in [5.41, 5.74) is 2.02. The van der Waals surface area contributed by atoms with Gasteiger partial charge in [-0.15, -0.1) is 0 Å². The molecule has 0 aliphatic carbocycles. The summed E-state index contributed by atoms with van der Waals surface area (Å²) in [7, 11) is 3.10. The quantitative estimate of drug-likeness (QED) is 0.414. The molecule has 146 valence electrons. The summed E-state index contributed by atoms with van der Waals surface area (Å²) in [6, 6.07) is 3.56. The second-order valence-electron chi connectivity index (χ2n) is 6.25. The molecule has 3 aromatic rings. The molecule has 28 heavy (non-hydrogen) atoms. The van der Waals surface area contributed by atoms with E-state index in [2.05, 4.69) is 14.9 Å². The molecule has 0 radical (unpaired) electrons. The monoisotopic (exact) mass is 436 g/mol. The van der Waals surface area contributed by atoms with Crippen LogP contribution in [0.3, 0.4) is 0 Å². The smallest absolute Gasteiger partial charge is 0.187 e. The highest BCUT2D eigenvalue weighted by atomic mass is 35.5. The van der Waals surface area contributed by atoms with E-state index in [0.717, 1.165) is 36.2 Å². The SMILES string of the molecule is COc1cc(OC)c(Cl)c(-c2cc3cnc(SC)nc3c(N3CCC3)n2)c1Cl. The predicted octanol–water partition coefficient (Wildman–Crippen LogP) is 4.95. The van der Waals surface area contributed by atoms with Gasteiger partial charge >= 0.3 is 0 Å². The van der Waals surface area contributed by atoms with Crippen LogP contribution in [0.15, 0.2) is 23.5 Å². The van der Waals surface area contributed by atoms with Gasteiger partial charge in [-0.3, -0.25) is 0 Å². The Morgan fingerprint density at radius 3 is 2.25 bits per heavy atom. The van der Waals surface area contributed by atoms with E-state index in [1.807, 2.05) is 18.5 Å². The zero-order valence-electron chi connectivity index (χ0n) is 15.6. The molecule has 1 aliphatic rings. The fraction of sp³-hybridized carbons (Fsp3) is 0.316. The Morgan fingerprint density at radius 2 is 1.71 bits per heavy atom. The standard InChI is InChI=1S/C19H18Cl2N4O2S/c1-26-12-8-13(27-2)16(21)14(15(12)20)11-7-10-9-22-19(28-3)24-17(10)18(23-11)25-5-4-6-25/h7-9H,4-6H2,1-3H3. The van der Waals surface area contributed by atoms with Crippen LogP contribution < -0.4 is 14.4 Å². The summed E-state index contributed by atoms with van der Waals surface area (Å²) in [4.78, 5) is 16.2. The molecule has 6 nitrogen and oxygen atoms in total. The van der Waals surface area contributed by atoms with E-state index in [0.29, 0.717) is 38.0 Å². The largest absolute Gasteiger partial charge is 0.495 e. The van der Waals surface area contributed by atoms with E-state index in [1.54, 1.807) is 20.3 Å². The molecule has 0 atom stereocenters. The number of fused-ring (bicyclic) bond motifs is 1.